The highest BCUT2D eigenvalue weighted by Gasteiger charge is 2.22. The fourth-order valence-corrected chi connectivity index (χ4v) is 3.78. The molecule has 0 saturated heterocycles. The molecule has 2 aromatic rings. The summed E-state index contributed by atoms with van der Waals surface area (Å²) in [5.74, 6) is 2.41. The Morgan fingerprint density at radius 1 is 0.821 bits per heavy atom. The Balaban J connectivity index is 1.86. The summed E-state index contributed by atoms with van der Waals surface area (Å²) in [5.41, 5.74) is 2.96. The van der Waals surface area contributed by atoms with E-state index in [2.05, 4.69) is 58.2 Å². The van der Waals surface area contributed by atoms with Gasteiger partial charge in [-0.15, -0.1) is 0 Å². The summed E-state index contributed by atoms with van der Waals surface area (Å²) in [7, 11) is 0. The molecule has 2 nitrogen and oxygen atoms in total. The van der Waals surface area contributed by atoms with Crippen molar-refractivity contribution in [3.63, 3.8) is 0 Å². The van der Waals surface area contributed by atoms with Crippen LogP contribution in [0.4, 0.5) is 0 Å². The lowest BCUT2D eigenvalue weighted by Gasteiger charge is -2.28. The predicted molar refractivity (Wildman–Crippen MR) is 119 cm³/mol. The van der Waals surface area contributed by atoms with Crippen molar-refractivity contribution in [3.8, 4) is 11.5 Å². The van der Waals surface area contributed by atoms with Crippen LogP contribution in [-0.4, -0.2) is 13.2 Å². The van der Waals surface area contributed by atoms with Crippen LogP contribution in [-0.2, 0) is 12.8 Å². The molecule has 0 saturated carbocycles. The minimum absolute atomic E-state index is 0.246. The third-order valence-corrected chi connectivity index (χ3v) is 4.75. The Morgan fingerprint density at radius 3 is 1.75 bits per heavy atom. The minimum atomic E-state index is 0.246. The van der Waals surface area contributed by atoms with Crippen molar-refractivity contribution >= 4 is 0 Å². The van der Waals surface area contributed by atoms with Gasteiger partial charge in [0.05, 0.1) is 0 Å². The molecule has 28 heavy (non-hydrogen) atoms. The van der Waals surface area contributed by atoms with Crippen LogP contribution in [0, 0.1) is 11.3 Å². The Morgan fingerprint density at radius 2 is 1.29 bits per heavy atom. The number of ether oxygens (including phenoxy) is 2. The molecule has 1 atom stereocenters. The molecule has 0 heterocycles. The van der Waals surface area contributed by atoms with E-state index in [4.69, 9.17) is 9.47 Å². The molecule has 0 aromatic heterocycles. The lowest BCUT2D eigenvalue weighted by Crippen LogP contribution is -2.19. The molecule has 0 bridgehead atoms. The van der Waals surface area contributed by atoms with Crippen molar-refractivity contribution in [2.45, 2.75) is 40.0 Å². The molecule has 1 unspecified atom stereocenters. The Hall–Kier alpha value is -2.48. The molecule has 0 aliphatic carbocycles. The molecular formula is C26H34O2. The number of hydrogen-bond acceptors (Lipinski definition) is 2. The molecule has 0 fully saturated rings. The van der Waals surface area contributed by atoms with Crippen molar-refractivity contribution in [2.24, 2.45) is 11.3 Å². The van der Waals surface area contributed by atoms with Gasteiger partial charge in [-0.05, 0) is 66.0 Å². The van der Waals surface area contributed by atoms with Crippen molar-refractivity contribution < 1.29 is 9.47 Å². The first-order valence-corrected chi connectivity index (χ1v) is 10.1. The van der Waals surface area contributed by atoms with E-state index < -0.39 is 0 Å². The van der Waals surface area contributed by atoms with Crippen LogP contribution in [0.15, 0.2) is 73.8 Å². The monoisotopic (exact) mass is 378 g/mol. The summed E-state index contributed by atoms with van der Waals surface area (Å²) in [6.45, 7) is 15.5. The smallest absolute Gasteiger partial charge is 0.119 e. The summed E-state index contributed by atoms with van der Waals surface area (Å²) in [5, 5.41) is 0. The zero-order valence-electron chi connectivity index (χ0n) is 17.6. The van der Waals surface area contributed by atoms with Gasteiger partial charge in [-0.3, -0.25) is 0 Å². The van der Waals surface area contributed by atoms with E-state index in [1.807, 2.05) is 24.3 Å². The van der Waals surface area contributed by atoms with Gasteiger partial charge < -0.3 is 9.47 Å². The summed E-state index contributed by atoms with van der Waals surface area (Å²) < 4.78 is 11.1. The highest BCUT2D eigenvalue weighted by atomic mass is 16.5. The van der Waals surface area contributed by atoms with Gasteiger partial charge >= 0.3 is 0 Å². The van der Waals surface area contributed by atoms with E-state index >= 15 is 0 Å². The largest absolute Gasteiger partial charge is 0.490 e. The number of rotatable bonds is 12. The lowest BCUT2D eigenvalue weighted by molar-refractivity contribution is 0.273. The molecule has 0 N–H and O–H groups in total. The van der Waals surface area contributed by atoms with E-state index in [1.54, 1.807) is 12.2 Å². The molecule has 2 aromatic carbocycles. The van der Waals surface area contributed by atoms with Crippen LogP contribution in [0.1, 0.15) is 38.3 Å². The maximum absolute atomic E-state index is 5.57. The maximum Gasteiger partial charge on any atom is 0.119 e. The third kappa shape index (κ3) is 7.64. The zero-order valence-corrected chi connectivity index (χ0v) is 17.6. The maximum atomic E-state index is 5.57. The van der Waals surface area contributed by atoms with E-state index in [9.17, 15) is 0 Å². The summed E-state index contributed by atoms with van der Waals surface area (Å²) in [4.78, 5) is 0. The molecule has 0 amide bonds. The number of benzene rings is 2. The molecule has 0 radical (unpaired) electrons. The second kappa shape index (κ2) is 10.8. The van der Waals surface area contributed by atoms with Gasteiger partial charge in [-0.25, -0.2) is 0 Å². The average Bonchev–Trinajstić information content (AvgIpc) is 2.66. The molecular weight excluding hydrogens is 344 g/mol. The van der Waals surface area contributed by atoms with Crippen molar-refractivity contribution in [1.82, 2.24) is 0 Å². The van der Waals surface area contributed by atoms with Crippen LogP contribution >= 0.6 is 0 Å². The van der Waals surface area contributed by atoms with Crippen molar-refractivity contribution in [1.29, 1.82) is 0 Å². The fraction of sp³-hybridized carbons (Fsp3) is 0.385. The summed E-state index contributed by atoms with van der Waals surface area (Å²) in [6, 6.07) is 16.9. The second-order valence-corrected chi connectivity index (χ2v) is 8.34. The molecule has 0 spiro atoms. The Kier molecular flexibility index (Phi) is 8.38. The van der Waals surface area contributed by atoms with Gasteiger partial charge in [0, 0.05) is 0 Å². The van der Waals surface area contributed by atoms with E-state index in [-0.39, 0.29) is 5.41 Å². The third-order valence-electron chi connectivity index (χ3n) is 4.75. The normalized spacial score (nSPS) is 12.2. The second-order valence-electron chi connectivity index (χ2n) is 8.34. The van der Waals surface area contributed by atoms with Gasteiger partial charge in [-0.1, -0.05) is 70.3 Å². The van der Waals surface area contributed by atoms with Gasteiger partial charge in [0.25, 0.3) is 0 Å². The van der Waals surface area contributed by atoms with Crippen LogP contribution in [0.5, 0.6) is 11.5 Å². The van der Waals surface area contributed by atoms with E-state index in [0.717, 1.165) is 24.3 Å². The first kappa shape index (κ1) is 21.8. The van der Waals surface area contributed by atoms with Crippen LogP contribution in [0.25, 0.3) is 0 Å². The number of hydrogen-bond donors (Lipinski definition) is 0. The summed E-state index contributed by atoms with van der Waals surface area (Å²) >= 11 is 0. The standard InChI is InChI=1S/C26H34O2/c1-6-16-27-24-12-8-22(9-13-24)18-21(3)19-26(4,5)20-23-10-14-25(15-11-23)28-17-7-2/h6-15,21H,1-2,16-20H2,3-5H3. The van der Waals surface area contributed by atoms with Gasteiger partial charge in [0.1, 0.15) is 24.7 Å². The first-order valence-electron chi connectivity index (χ1n) is 10.1. The van der Waals surface area contributed by atoms with Crippen LogP contribution < -0.4 is 9.47 Å². The lowest BCUT2D eigenvalue weighted by atomic mass is 9.77. The average molecular weight is 379 g/mol. The predicted octanol–water partition coefficient (Wildman–Crippen LogP) is 6.65. The van der Waals surface area contributed by atoms with Gasteiger partial charge in [-0.2, -0.15) is 0 Å². The van der Waals surface area contributed by atoms with Gasteiger partial charge in [0.2, 0.25) is 0 Å². The van der Waals surface area contributed by atoms with Crippen LogP contribution in [0.3, 0.4) is 0 Å². The van der Waals surface area contributed by atoms with Crippen molar-refractivity contribution in [2.75, 3.05) is 13.2 Å². The first-order chi connectivity index (χ1) is 13.4. The van der Waals surface area contributed by atoms with E-state index in [1.165, 1.54) is 17.5 Å². The Labute approximate surface area is 170 Å². The SMILES string of the molecule is C=CCOc1ccc(CC(C)CC(C)(C)Cc2ccc(OCC=C)cc2)cc1. The highest BCUT2D eigenvalue weighted by molar-refractivity contribution is 5.29. The van der Waals surface area contributed by atoms with Crippen LogP contribution in [0.2, 0.25) is 0 Å². The molecule has 150 valence electrons. The topological polar surface area (TPSA) is 18.5 Å². The zero-order chi connectivity index (χ0) is 20.4. The summed E-state index contributed by atoms with van der Waals surface area (Å²) in [6.07, 6.45) is 6.85. The molecule has 0 aliphatic heterocycles. The highest BCUT2D eigenvalue weighted by Crippen LogP contribution is 2.32. The molecule has 2 heteroatoms. The fourth-order valence-electron chi connectivity index (χ4n) is 3.78. The molecule has 2 rings (SSSR count). The minimum Gasteiger partial charge on any atom is -0.490 e. The molecule has 0 aliphatic rings. The van der Waals surface area contributed by atoms with E-state index in [0.29, 0.717) is 19.1 Å². The Bertz CT molecular complexity index is 726. The van der Waals surface area contributed by atoms with Gasteiger partial charge in [0.15, 0.2) is 0 Å². The quantitative estimate of drug-likeness (QED) is 0.385. The van der Waals surface area contributed by atoms with Crippen molar-refractivity contribution in [3.05, 3.63) is 85.0 Å².